The van der Waals surface area contributed by atoms with E-state index in [-0.39, 0.29) is 22.7 Å². The quantitative estimate of drug-likeness (QED) is 0.419. The third-order valence-corrected chi connectivity index (χ3v) is 5.45. The number of rotatable bonds is 8. The zero-order chi connectivity index (χ0) is 21.8. The molecule has 164 valence electrons. The second-order valence-electron chi connectivity index (χ2n) is 7.54. The van der Waals surface area contributed by atoms with E-state index in [0.29, 0.717) is 56.0 Å². The average Bonchev–Trinajstić information content (AvgIpc) is 3.30. The van der Waals surface area contributed by atoms with E-state index in [1.165, 1.54) is 10.5 Å². The van der Waals surface area contributed by atoms with Crippen LogP contribution in [0.15, 0.2) is 35.3 Å². The van der Waals surface area contributed by atoms with E-state index in [9.17, 15) is 9.59 Å². The topological polar surface area (TPSA) is 111 Å². The molecule has 3 aromatic heterocycles. The SMILES string of the molecule is CCOCCCn1c(=N)c(C(=O)NCC2CCCO2)cc2c(=O)n3ccccc3nc21. The molecule has 1 atom stereocenters. The number of pyridine rings is 2. The van der Waals surface area contributed by atoms with E-state index in [2.05, 4.69) is 10.3 Å². The van der Waals surface area contributed by atoms with Gasteiger partial charge in [0.25, 0.3) is 11.5 Å². The second-order valence-corrected chi connectivity index (χ2v) is 7.54. The standard InChI is InChI=1S/C22H27N5O4/c1-2-30-11-6-10-27-19(23)16(21(28)24-14-15-7-5-12-31-15)13-17-20(27)25-18-8-3-4-9-26(18)22(17)29/h3-4,8-9,13,15,23H,2,5-7,10-12,14H2,1H3,(H,24,28). The van der Waals surface area contributed by atoms with Crippen molar-refractivity contribution in [3.05, 3.63) is 51.9 Å². The summed E-state index contributed by atoms with van der Waals surface area (Å²) >= 11 is 0. The van der Waals surface area contributed by atoms with E-state index in [1.807, 2.05) is 13.0 Å². The minimum atomic E-state index is -0.390. The van der Waals surface area contributed by atoms with Crippen molar-refractivity contribution in [3.8, 4) is 0 Å². The second kappa shape index (κ2) is 9.40. The Bertz CT molecular complexity index is 1210. The molecule has 31 heavy (non-hydrogen) atoms. The smallest absolute Gasteiger partial charge is 0.267 e. The molecule has 1 aliphatic heterocycles. The van der Waals surface area contributed by atoms with Gasteiger partial charge in [-0.25, -0.2) is 4.98 Å². The van der Waals surface area contributed by atoms with Gasteiger partial charge in [-0.1, -0.05) is 6.07 Å². The number of hydrogen-bond acceptors (Lipinski definition) is 6. The van der Waals surface area contributed by atoms with Crippen molar-refractivity contribution in [2.45, 2.75) is 38.8 Å². The van der Waals surface area contributed by atoms with Crippen LogP contribution in [0.3, 0.4) is 0 Å². The molecule has 0 spiro atoms. The molecule has 1 fully saturated rings. The van der Waals surface area contributed by atoms with Gasteiger partial charge in [0, 0.05) is 39.1 Å². The summed E-state index contributed by atoms with van der Waals surface area (Å²) in [7, 11) is 0. The Balaban J connectivity index is 1.78. The number of fused-ring (bicyclic) bond motifs is 2. The third-order valence-electron chi connectivity index (χ3n) is 5.45. The van der Waals surface area contributed by atoms with Crippen LogP contribution in [0.25, 0.3) is 16.7 Å². The summed E-state index contributed by atoms with van der Waals surface area (Å²) < 4.78 is 14.1. The van der Waals surface area contributed by atoms with Gasteiger partial charge in [-0.05, 0) is 44.4 Å². The molecule has 1 amide bonds. The van der Waals surface area contributed by atoms with E-state index >= 15 is 0 Å². The molecule has 0 radical (unpaired) electrons. The maximum absolute atomic E-state index is 13.1. The maximum Gasteiger partial charge on any atom is 0.267 e. The number of carbonyl (C=O) groups excluding carboxylic acids is 1. The Morgan fingerprint density at radius 2 is 2.29 bits per heavy atom. The number of carbonyl (C=O) groups is 1. The molecule has 0 aromatic carbocycles. The lowest BCUT2D eigenvalue weighted by Crippen LogP contribution is -2.38. The Hall–Kier alpha value is -3.04. The summed E-state index contributed by atoms with van der Waals surface area (Å²) in [5, 5.41) is 11.8. The number of hydrogen-bond donors (Lipinski definition) is 2. The first-order valence-corrected chi connectivity index (χ1v) is 10.7. The van der Waals surface area contributed by atoms with Crippen LogP contribution >= 0.6 is 0 Å². The molecular formula is C22H27N5O4. The van der Waals surface area contributed by atoms with Gasteiger partial charge in [0.05, 0.1) is 17.1 Å². The van der Waals surface area contributed by atoms with Crippen molar-refractivity contribution < 1.29 is 14.3 Å². The zero-order valence-electron chi connectivity index (χ0n) is 17.6. The number of nitrogens with zero attached hydrogens (tertiary/aromatic N) is 3. The first-order chi connectivity index (χ1) is 15.1. The fraction of sp³-hybridized carbons (Fsp3) is 0.455. The first kappa shape index (κ1) is 21.2. The lowest BCUT2D eigenvalue weighted by Gasteiger charge is -2.15. The molecule has 0 aliphatic carbocycles. The third kappa shape index (κ3) is 4.38. The molecule has 3 aromatic rings. The average molecular weight is 425 g/mol. The van der Waals surface area contributed by atoms with E-state index in [4.69, 9.17) is 14.9 Å². The van der Waals surface area contributed by atoms with Gasteiger partial charge in [0.2, 0.25) is 0 Å². The molecule has 0 bridgehead atoms. The van der Waals surface area contributed by atoms with Crippen molar-refractivity contribution in [1.82, 2.24) is 19.3 Å². The molecule has 9 nitrogen and oxygen atoms in total. The van der Waals surface area contributed by atoms with Gasteiger partial charge in [0.1, 0.15) is 16.8 Å². The van der Waals surface area contributed by atoms with Gasteiger partial charge < -0.3 is 19.4 Å². The Morgan fingerprint density at radius 1 is 1.42 bits per heavy atom. The molecular weight excluding hydrogens is 398 g/mol. The van der Waals surface area contributed by atoms with Gasteiger partial charge in [-0.15, -0.1) is 0 Å². The zero-order valence-corrected chi connectivity index (χ0v) is 17.6. The summed E-state index contributed by atoms with van der Waals surface area (Å²) in [5.41, 5.74) is 0.798. The maximum atomic E-state index is 13.1. The molecule has 1 unspecified atom stereocenters. The molecule has 4 heterocycles. The van der Waals surface area contributed by atoms with Gasteiger partial charge >= 0.3 is 0 Å². The van der Waals surface area contributed by atoms with Crippen LogP contribution in [0.4, 0.5) is 0 Å². The van der Waals surface area contributed by atoms with Gasteiger partial charge in [0.15, 0.2) is 0 Å². The lowest BCUT2D eigenvalue weighted by molar-refractivity contribution is 0.0855. The van der Waals surface area contributed by atoms with Crippen LogP contribution in [0.5, 0.6) is 0 Å². The van der Waals surface area contributed by atoms with Crippen LogP contribution < -0.4 is 16.4 Å². The van der Waals surface area contributed by atoms with Gasteiger partial charge in [-0.3, -0.25) is 19.4 Å². The number of aromatic nitrogens is 3. The first-order valence-electron chi connectivity index (χ1n) is 10.7. The monoisotopic (exact) mass is 425 g/mol. The molecule has 1 aliphatic rings. The Morgan fingerprint density at radius 3 is 3.06 bits per heavy atom. The molecule has 9 heteroatoms. The molecule has 2 N–H and O–H groups in total. The highest BCUT2D eigenvalue weighted by atomic mass is 16.5. The number of nitrogens with one attached hydrogen (secondary N) is 2. The minimum Gasteiger partial charge on any atom is -0.382 e. The van der Waals surface area contributed by atoms with Crippen LogP contribution in [-0.4, -0.2) is 52.3 Å². The number of ether oxygens (including phenoxy) is 2. The van der Waals surface area contributed by atoms with Crippen LogP contribution in [-0.2, 0) is 16.0 Å². The van der Waals surface area contributed by atoms with E-state index in [0.717, 1.165) is 12.8 Å². The highest BCUT2D eigenvalue weighted by molar-refractivity contribution is 5.96. The largest absolute Gasteiger partial charge is 0.382 e. The lowest BCUT2D eigenvalue weighted by atomic mass is 10.1. The van der Waals surface area contributed by atoms with Crippen molar-refractivity contribution in [2.24, 2.45) is 0 Å². The summed E-state index contributed by atoms with van der Waals surface area (Å²) in [6, 6.07) is 6.79. The summed E-state index contributed by atoms with van der Waals surface area (Å²) in [6.45, 7) is 4.55. The highest BCUT2D eigenvalue weighted by Crippen LogP contribution is 2.13. The Labute approximate surface area is 179 Å². The fourth-order valence-electron chi connectivity index (χ4n) is 3.85. The van der Waals surface area contributed by atoms with Crippen molar-refractivity contribution in [2.75, 3.05) is 26.4 Å². The molecule has 4 rings (SSSR count). The van der Waals surface area contributed by atoms with Crippen molar-refractivity contribution in [1.29, 1.82) is 5.41 Å². The predicted octanol–water partition coefficient (Wildman–Crippen LogP) is 1.46. The highest BCUT2D eigenvalue weighted by Gasteiger charge is 2.20. The number of aryl methyl sites for hydroxylation is 1. The Kier molecular flexibility index (Phi) is 6.43. The summed E-state index contributed by atoms with van der Waals surface area (Å²) in [5.74, 6) is -0.390. The summed E-state index contributed by atoms with van der Waals surface area (Å²) in [6.07, 6.45) is 4.16. The van der Waals surface area contributed by atoms with E-state index in [1.54, 1.807) is 22.9 Å². The predicted molar refractivity (Wildman–Crippen MR) is 115 cm³/mol. The normalized spacial score (nSPS) is 16.2. The molecule has 0 saturated carbocycles. The van der Waals surface area contributed by atoms with Gasteiger partial charge in [-0.2, -0.15) is 0 Å². The minimum absolute atomic E-state index is 0.00635. The van der Waals surface area contributed by atoms with Crippen molar-refractivity contribution >= 4 is 22.6 Å². The van der Waals surface area contributed by atoms with Crippen LogP contribution in [0.2, 0.25) is 0 Å². The van der Waals surface area contributed by atoms with E-state index < -0.39 is 5.91 Å². The number of amides is 1. The fourth-order valence-corrected chi connectivity index (χ4v) is 3.85. The van der Waals surface area contributed by atoms with Crippen LogP contribution in [0.1, 0.15) is 36.5 Å². The summed E-state index contributed by atoms with van der Waals surface area (Å²) in [4.78, 5) is 30.7. The molecule has 1 saturated heterocycles. The van der Waals surface area contributed by atoms with Crippen LogP contribution in [0, 0.1) is 5.41 Å². The van der Waals surface area contributed by atoms with Crippen molar-refractivity contribution in [3.63, 3.8) is 0 Å².